The quantitative estimate of drug-likeness (QED) is 0.850. The van der Waals surface area contributed by atoms with E-state index in [9.17, 15) is 13.2 Å². The summed E-state index contributed by atoms with van der Waals surface area (Å²) in [5.41, 5.74) is 6.58. The number of nitrogen functional groups attached to an aromatic ring is 1. The Morgan fingerprint density at radius 1 is 1.40 bits per heavy atom. The molecule has 3 N–H and O–H groups in total. The third-order valence-corrected chi connectivity index (χ3v) is 3.14. The van der Waals surface area contributed by atoms with Gasteiger partial charge in [0.15, 0.2) is 0 Å². The van der Waals surface area contributed by atoms with E-state index >= 15 is 0 Å². The number of hydrogen-bond donors (Lipinski definition) is 2. The van der Waals surface area contributed by atoms with Crippen LogP contribution in [0.15, 0.2) is 18.2 Å². The van der Waals surface area contributed by atoms with Crippen molar-refractivity contribution in [1.29, 1.82) is 0 Å². The predicted molar refractivity (Wildman–Crippen MR) is 70.0 cm³/mol. The maximum absolute atomic E-state index is 13.1. The molecule has 0 saturated heterocycles. The SMILES string of the molecule is CC(CCO)Cn1c(C(F)(F)F)nc2cc(N)ccc21. The minimum atomic E-state index is -4.52. The van der Waals surface area contributed by atoms with Crippen molar-refractivity contribution in [3.63, 3.8) is 0 Å². The van der Waals surface area contributed by atoms with Gasteiger partial charge in [0, 0.05) is 18.8 Å². The van der Waals surface area contributed by atoms with Gasteiger partial charge in [-0.15, -0.1) is 0 Å². The molecule has 0 aliphatic rings. The zero-order valence-electron chi connectivity index (χ0n) is 11.0. The van der Waals surface area contributed by atoms with Crippen molar-refractivity contribution in [2.24, 2.45) is 5.92 Å². The summed E-state index contributed by atoms with van der Waals surface area (Å²) in [6, 6.07) is 4.52. The Hall–Kier alpha value is -1.76. The first kappa shape index (κ1) is 14.6. The first-order chi connectivity index (χ1) is 9.32. The average Bonchev–Trinajstić information content (AvgIpc) is 2.67. The zero-order valence-corrected chi connectivity index (χ0v) is 11.0. The van der Waals surface area contributed by atoms with Gasteiger partial charge in [0.25, 0.3) is 0 Å². The molecule has 0 radical (unpaired) electrons. The molecule has 1 aromatic heterocycles. The summed E-state index contributed by atoms with van der Waals surface area (Å²) in [4.78, 5) is 3.65. The Bertz CT molecular complexity index is 607. The van der Waals surface area contributed by atoms with Crippen molar-refractivity contribution in [1.82, 2.24) is 9.55 Å². The fourth-order valence-corrected chi connectivity index (χ4v) is 2.17. The van der Waals surface area contributed by atoms with Gasteiger partial charge in [0.05, 0.1) is 11.0 Å². The second-order valence-corrected chi connectivity index (χ2v) is 4.91. The largest absolute Gasteiger partial charge is 0.449 e. The van der Waals surface area contributed by atoms with Crippen LogP contribution in [-0.2, 0) is 12.7 Å². The molecule has 0 bridgehead atoms. The van der Waals surface area contributed by atoms with Gasteiger partial charge in [-0.1, -0.05) is 6.92 Å². The molecule has 1 atom stereocenters. The number of benzene rings is 1. The van der Waals surface area contributed by atoms with Gasteiger partial charge >= 0.3 is 6.18 Å². The smallest absolute Gasteiger partial charge is 0.399 e. The van der Waals surface area contributed by atoms with Crippen LogP contribution < -0.4 is 5.73 Å². The van der Waals surface area contributed by atoms with E-state index in [-0.39, 0.29) is 24.6 Å². The number of aliphatic hydroxyl groups excluding tert-OH is 1. The van der Waals surface area contributed by atoms with Crippen molar-refractivity contribution in [3.05, 3.63) is 24.0 Å². The third kappa shape index (κ3) is 2.87. The van der Waals surface area contributed by atoms with Crippen LogP contribution in [0, 0.1) is 5.92 Å². The van der Waals surface area contributed by atoms with Crippen LogP contribution in [0.1, 0.15) is 19.2 Å². The number of hydrogen-bond acceptors (Lipinski definition) is 3. The van der Waals surface area contributed by atoms with Gasteiger partial charge in [-0.05, 0) is 30.5 Å². The van der Waals surface area contributed by atoms with E-state index in [2.05, 4.69) is 4.98 Å². The van der Waals surface area contributed by atoms with Gasteiger partial charge in [-0.25, -0.2) is 4.98 Å². The van der Waals surface area contributed by atoms with Crippen LogP contribution in [0.25, 0.3) is 11.0 Å². The fourth-order valence-electron chi connectivity index (χ4n) is 2.17. The maximum Gasteiger partial charge on any atom is 0.449 e. The van der Waals surface area contributed by atoms with Crippen molar-refractivity contribution < 1.29 is 18.3 Å². The number of rotatable bonds is 4. The Morgan fingerprint density at radius 3 is 2.70 bits per heavy atom. The van der Waals surface area contributed by atoms with Crippen LogP contribution >= 0.6 is 0 Å². The molecule has 1 aromatic carbocycles. The topological polar surface area (TPSA) is 64.1 Å². The second-order valence-electron chi connectivity index (χ2n) is 4.91. The molecular formula is C13H16F3N3O. The summed E-state index contributed by atoms with van der Waals surface area (Å²) in [6.45, 7) is 1.89. The minimum absolute atomic E-state index is 0.0535. The van der Waals surface area contributed by atoms with Gasteiger partial charge in [-0.3, -0.25) is 0 Å². The molecule has 2 aromatic rings. The fraction of sp³-hybridized carbons (Fsp3) is 0.462. The van der Waals surface area contributed by atoms with E-state index in [0.717, 1.165) is 4.57 Å². The summed E-state index contributed by atoms with van der Waals surface area (Å²) < 4.78 is 40.3. The van der Waals surface area contributed by atoms with Crippen molar-refractivity contribution in [2.45, 2.75) is 26.1 Å². The number of nitrogens with two attached hydrogens (primary N) is 1. The molecule has 1 heterocycles. The molecular weight excluding hydrogens is 271 g/mol. The summed E-state index contributed by atoms with van der Waals surface area (Å²) in [6.07, 6.45) is -4.08. The lowest BCUT2D eigenvalue weighted by Gasteiger charge is -2.15. The maximum atomic E-state index is 13.1. The lowest BCUT2D eigenvalue weighted by atomic mass is 10.1. The van der Waals surface area contributed by atoms with Gasteiger partial charge in [0.2, 0.25) is 5.82 Å². The number of aromatic nitrogens is 2. The predicted octanol–water partition coefficient (Wildman–Crippen LogP) is 2.66. The van der Waals surface area contributed by atoms with E-state index in [1.54, 1.807) is 19.1 Å². The average molecular weight is 287 g/mol. The first-order valence-corrected chi connectivity index (χ1v) is 6.26. The van der Waals surface area contributed by atoms with Crippen LogP contribution in [0.3, 0.4) is 0 Å². The highest BCUT2D eigenvalue weighted by Gasteiger charge is 2.37. The number of anilines is 1. The molecule has 0 fully saturated rings. The van der Waals surface area contributed by atoms with E-state index in [1.807, 2.05) is 0 Å². The summed E-state index contributed by atoms with van der Waals surface area (Å²) in [5, 5.41) is 8.88. The summed E-state index contributed by atoms with van der Waals surface area (Å²) >= 11 is 0. The molecule has 1 unspecified atom stereocenters. The number of halogens is 3. The van der Waals surface area contributed by atoms with Crippen molar-refractivity contribution in [2.75, 3.05) is 12.3 Å². The molecule has 2 rings (SSSR count). The molecule has 4 nitrogen and oxygen atoms in total. The van der Waals surface area contributed by atoms with Crippen molar-refractivity contribution >= 4 is 16.7 Å². The lowest BCUT2D eigenvalue weighted by Crippen LogP contribution is -2.18. The van der Waals surface area contributed by atoms with E-state index in [4.69, 9.17) is 10.8 Å². The van der Waals surface area contributed by atoms with E-state index in [1.165, 1.54) is 6.07 Å². The van der Waals surface area contributed by atoms with Crippen molar-refractivity contribution in [3.8, 4) is 0 Å². The summed E-state index contributed by atoms with van der Waals surface area (Å²) in [5.74, 6) is -1.01. The van der Waals surface area contributed by atoms with Gasteiger partial charge < -0.3 is 15.4 Å². The molecule has 0 aliphatic carbocycles. The number of fused-ring (bicyclic) bond motifs is 1. The zero-order chi connectivity index (χ0) is 14.9. The molecule has 0 spiro atoms. The number of alkyl halides is 3. The Labute approximate surface area is 114 Å². The Kier molecular flexibility index (Phi) is 3.89. The normalized spacial score (nSPS) is 13.8. The number of imidazole rings is 1. The number of nitrogens with zero attached hydrogens (tertiary/aromatic N) is 2. The highest BCUT2D eigenvalue weighted by atomic mass is 19.4. The number of aliphatic hydroxyl groups is 1. The second kappa shape index (κ2) is 5.32. The van der Waals surface area contributed by atoms with Gasteiger partial charge in [-0.2, -0.15) is 13.2 Å². The van der Waals surface area contributed by atoms with E-state index < -0.39 is 12.0 Å². The molecule has 110 valence electrons. The molecule has 20 heavy (non-hydrogen) atoms. The molecule has 0 amide bonds. The van der Waals surface area contributed by atoms with E-state index in [0.29, 0.717) is 17.6 Å². The molecule has 0 saturated carbocycles. The monoisotopic (exact) mass is 287 g/mol. The highest BCUT2D eigenvalue weighted by molar-refractivity contribution is 5.79. The lowest BCUT2D eigenvalue weighted by molar-refractivity contribution is -0.147. The van der Waals surface area contributed by atoms with Gasteiger partial charge in [0.1, 0.15) is 0 Å². The standard InChI is InChI=1S/C13H16F3N3O/c1-8(4-5-20)7-19-11-3-2-9(17)6-10(11)18-12(19)13(14,15)16/h2-3,6,8,20H,4-5,7,17H2,1H3. The third-order valence-electron chi connectivity index (χ3n) is 3.14. The minimum Gasteiger partial charge on any atom is -0.399 e. The van der Waals surface area contributed by atoms with Crippen LogP contribution in [0.2, 0.25) is 0 Å². The molecule has 0 aliphatic heterocycles. The highest BCUT2D eigenvalue weighted by Crippen LogP contribution is 2.32. The van der Waals surface area contributed by atoms with Crippen LogP contribution in [0.4, 0.5) is 18.9 Å². The Balaban J connectivity index is 2.53. The van der Waals surface area contributed by atoms with Crippen LogP contribution in [-0.4, -0.2) is 21.3 Å². The summed E-state index contributed by atoms with van der Waals surface area (Å²) in [7, 11) is 0. The molecule has 7 heteroatoms. The first-order valence-electron chi connectivity index (χ1n) is 6.26. The van der Waals surface area contributed by atoms with Crippen LogP contribution in [0.5, 0.6) is 0 Å². The Morgan fingerprint density at radius 2 is 2.10 bits per heavy atom.